The van der Waals surface area contributed by atoms with E-state index in [1.54, 1.807) is 0 Å². The Morgan fingerprint density at radius 3 is 2.74 bits per heavy atom. The molecule has 2 rings (SSSR count). The Kier molecular flexibility index (Phi) is 6.66. The standard InChI is InChI=1S/C19H22BrNO2/c1-3-15-9-10-18(17(20)13-15)21-19(22)8-5-11-23-16-7-4-6-14(2)12-16/h4,6-7,9-10,12-13H,3,5,8,11H2,1-2H3,(H,21,22). The summed E-state index contributed by atoms with van der Waals surface area (Å²) in [6.07, 6.45) is 2.10. The van der Waals surface area contributed by atoms with E-state index in [-0.39, 0.29) is 5.91 Å². The molecule has 0 aliphatic rings. The monoisotopic (exact) mass is 375 g/mol. The first-order valence-corrected chi connectivity index (χ1v) is 8.65. The van der Waals surface area contributed by atoms with Crippen LogP contribution in [0.2, 0.25) is 0 Å². The van der Waals surface area contributed by atoms with Gasteiger partial charge in [-0.1, -0.05) is 25.1 Å². The van der Waals surface area contributed by atoms with Gasteiger partial charge in [-0.3, -0.25) is 4.79 Å². The Morgan fingerprint density at radius 1 is 1.22 bits per heavy atom. The molecule has 3 nitrogen and oxygen atoms in total. The smallest absolute Gasteiger partial charge is 0.224 e. The fourth-order valence-corrected chi connectivity index (χ4v) is 2.75. The van der Waals surface area contributed by atoms with Gasteiger partial charge in [-0.2, -0.15) is 0 Å². The first-order valence-electron chi connectivity index (χ1n) is 7.86. The number of carbonyl (C=O) groups excluding carboxylic acids is 1. The number of nitrogens with one attached hydrogen (secondary N) is 1. The van der Waals surface area contributed by atoms with Gasteiger partial charge in [0.1, 0.15) is 5.75 Å². The lowest BCUT2D eigenvalue weighted by atomic mass is 10.1. The second-order valence-electron chi connectivity index (χ2n) is 5.48. The summed E-state index contributed by atoms with van der Waals surface area (Å²) in [5, 5.41) is 2.93. The molecule has 4 heteroatoms. The van der Waals surface area contributed by atoms with E-state index in [9.17, 15) is 4.79 Å². The number of hydrogen-bond acceptors (Lipinski definition) is 2. The number of ether oxygens (including phenoxy) is 1. The third kappa shape index (κ3) is 5.71. The van der Waals surface area contributed by atoms with Gasteiger partial charge in [-0.25, -0.2) is 0 Å². The molecule has 0 spiro atoms. The Bertz CT molecular complexity index is 670. The Balaban J connectivity index is 1.75. The predicted molar refractivity (Wildman–Crippen MR) is 98.1 cm³/mol. The molecule has 0 heterocycles. The molecule has 0 aliphatic carbocycles. The van der Waals surface area contributed by atoms with Crippen LogP contribution in [0.5, 0.6) is 5.75 Å². The fourth-order valence-electron chi connectivity index (χ4n) is 2.22. The van der Waals surface area contributed by atoms with Crippen molar-refractivity contribution in [3.05, 3.63) is 58.1 Å². The molecule has 0 saturated carbocycles. The van der Waals surface area contributed by atoms with Crippen LogP contribution in [-0.2, 0) is 11.2 Å². The molecular weight excluding hydrogens is 354 g/mol. The molecule has 0 saturated heterocycles. The van der Waals surface area contributed by atoms with E-state index in [1.165, 1.54) is 11.1 Å². The van der Waals surface area contributed by atoms with Crippen molar-refractivity contribution in [2.24, 2.45) is 0 Å². The molecule has 1 amide bonds. The van der Waals surface area contributed by atoms with Crippen LogP contribution in [0.3, 0.4) is 0 Å². The molecule has 0 aliphatic heterocycles. The summed E-state index contributed by atoms with van der Waals surface area (Å²) in [5.41, 5.74) is 3.22. The molecule has 23 heavy (non-hydrogen) atoms. The average molecular weight is 376 g/mol. The normalized spacial score (nSPS) is 10.4. The Labute approximate surface area is 146 Å². The van der Waals surface area contributed by atoms with Gasteiger partial charge in [0, 0.05) is 10.9 Å². The maximum absolute atomic E-state index is 12.0. The van der Waals surface area contributed by atoms with Gasteiger partial charge in [0.05, 0.1) is 12.3 Å². The van der Waals surface area contributed by atoms with Crippen molar-refractivity contribution >= 4 is 27.5 Å². The van der Waals surface area contributed by atoms with E-state index in [4.69, 9.17) is 4.74 Å². The lowest BCUT2D eigenvalue weighted by Crippen LogP contribution is -2.13. The summed E-state index contributed by atoms with van der Waals surface area (Å²) in [4.78, 5) is 12.0. The van der Waals surface area contributed by atoms with Gasteiger partial charge in [0.2, 0.25) is 5.91 Å². The maximum Gasteiger partial charge on any atom is 0.224 e. The SMILES string of the molecule is CCc1ccc(NC(=O)CCCOc2cccc(C)c2)c(Br)c1. The zero-order valence-corrected chi connectivity index (χ0v) is 15.2. The Hall–Kier alpha value is -1.81. The molecule has 0 unspecified atom stereocenters. The summed E-state index contributed by atoms with van der Waals surface area (Å²) >= 11 is 3.50. The molecule has 2 aromatic rings. The van der Waals surface area contributed by atoms with Crippen LogP contribution in [0.25, 0.3) is 0 Å². The molecular formula is C19H22BrNO2. The third-order valence-corrected chi connectivity index (χ3v) is 4.18. The van der Waals surface area contributed by atoms with Crippen LogP contribution in [0.1, 0.15) is 30.9 Å². The summed E-state index contributed by atoms with van der Waals surface area (Å²) < 4.78 is 6.57. The summed E-state index contributed by atoms with van der Waals surface area (Å²) in [6, 6.07) is 13.9. The minimum absolute atomic E-state index is 0.00258. The van der Waals surface area contributed by atoms with Crippen molar-refractivity contribution in [2.45, 2.75) is 33.1 Å². The zero-order chi connectivity index (χ0) is 16.7. The van der Waals surface area contributed by atoms with Gasteiger partial charge < -0.3 is 10.1 Å². The zero-order valence-electron chi connectivity index (χ0n) is 13.6. The van der Waals surface area contributed by atoms with E-state index >= 15 is 0 Å². The van der Waals surface area contributed by atoms with Gasteiger partial charge in [0.15, 0.2) is 0 Å². The van der Waals surface area contributed by atoms with Crippen LogP contribution in [-0.4, -0.2) is 12.5 Å². The highest BCUT2D eigenvalue weighted by Gasteiger charge is 2.06. The molecule has 0 aromatic heterocycles. The highest BCUT2D eigenvalue weighted by molar-refractivity contribution is 9.10. The molecule has 2 aromatic carbocycles. The van der Waals surface area contributed by atoms with Crippen LogP contribution < -0.4 is 10.1 Å². The summed E-state index contributed by atoms with van der Waals surface area (Å²) in [5.74, 6) is 0.853. The van der Waals surface area contributed by atoms with Crippen molar-refractivity contribution in [1.82, 2.24) is 0 Å². The number of anilines is 1. The van der Waals surface area contributed by atoms with E-state index in [1.807, 2.05) is 49.4 Å². The van der Waals surface area contributed by atoms with E-state index in [0.29, 0.717) is 19.4 Å². The maximum atomic E-state index is 12.0. The molecule has 0 bridgehead atoms. The molecule has 1 N–H and O–H groups in total. The topological polar surface area (TPSA) is 38.3 Å². The molecule has 0 fully saturated rings. The van der Waals surface area contributed by atoms with Crippen LogP contribution >= 0.6 is 15.9 Å². The molecule has 122 valence electrons. The van der Waals surface area contributed by atoms with Crippen LogP contribution in [0.15, 0.2) is 46.9 Å². The highest BCUT2D eigenvalue weighted by Crippen LogP contribution is 2.24. The van der Waals surface area contributed by atoms with Gasteiger partial charge in [-0.15, -0.1) is 0 Å². The molecule has 0 atom stereocenters. The third-order valence-electron chi connectivity index (χ3n) is 3.52. The van der Waals surface area contributed by atoms with Gasteiger partial charge in [0.25, 0.3) is 0 Å². The van der Waals surface area contributed by atoms with E-state index in [2.05, 4.69) is 28.2 Å². The summed E-state index contributed by atoms with van der Waals surface area (Å²) in [7, 11) is 0. The minimum atomic E-state index is 0.00258. The largest absolute Gasteiger partial charge is 0.494 e. The average Bonchev–Trinajstić information content (AvgIpc) is 2.53. The number of amides is 1. The van der Waals surface area contributed by atoms with Crippen molar-refractivity contribution in [3.8, 4) is 5.75 Å². The van der Waals surface area contributed by atoms with Crippen molar-refractivity contribution in [2.75, 3.05) is 11.9 Å². The number of rotatable bonds is 7. The first kappa shape index (κ1) is 17.5. The van der Waals surface area contributed by atoms with Crippen molar-refractivity contribution < 1.29 is 9.53 Å². The molecule has 0 radical (unpaired) electrons. The summed E-state index contributed by atoms with van der Waals surface area (Å²) in [6.45, 7) is 4.67. The highest BCUT2D eigenvalue weighted by atomic mass is 79.9. The number of aryl methyl sites for hydroxylation is 2. The van der Waals surface area contributed by atoms with Gasteiger partial charge >= 0.3 is 0 Å². The first-order chi connectivity index (χ1) is 11.1. The second-order valence-corrected chi connectivity index (χ2v) is 6.34. The fraction of sp³-hybridized carbons (Fsp3) is 0.316. The van der Waals surface area contributed by atoms with Crippen molar-refractivity contribution in [3.63, 3.8) is 0 Å². The van der Waals surface area contributed by atoms with Crippen LogP contribution in [0, 0.1) is 6.92 Å². The number of benzene rings is 2. The van der Waals surface area contributed by atoms with E-state index in [0.717, 1.165) is 22.3 Å². The minimum Gasteiger partial charge on any atom is -0.494 e. The second kappa shape index (κ2) is 8.73. The number of carbonyl (C=O) groups is 1. The van der Waals surface area contributed by atoms with Crippen molar-refractivity contribution in [1.29, 1.82) is 0 Å². The quantitative estimate of drug-likeness (QED) is 0.682. The van der Waals surface area contributed by atoms with E-state index < -0.39 is 0 Å². The lowest BCUT2D eigenvalue weighted by molar-refractivity contribution is -0.116. The lowest BCUT2D eigenvalue weighted by Gasteiger charge is -2.09. The number of hydrogen-bond donors (Lipinski definition) is 1. The predicted octanol–water partition coefficient (Wildman–Crippen LogP) is 5.12. The Morgan fingerprint density at radius 2 is 2.04 bits per heavy atom. The van der Waals surface area contributed by atoms with Gasteiger partial charge in [-0.05, 0) is 71.1 Å². The number of halogens is 1. The van der Waals surface area contributed by atoms with Crippen LogP contribution in [0.4, 0.5) is 5.69 Å².